The van der Waals surface area contributed by atoms with E-state index in [4.69, 9.17) is 0 Å². The third-order valence-corrected chi connectivity index (χ3v) is 3.53. The maximum absolute atomic E-state index is 11.5. The lowest BCUT2D eigenvalue weighted by molar-refractivity contribution is -0.115. The van der Waals surface area contributed by atoms with E-state index in [0.29, 0.717) is 6.42 Å². The first kappa shape index (κ1) is 11.5. The van der Waals surface area contributed by atoms with Crippen molar-refractivity contribution in [3.8, 4) is 0 Å². The number of carbonyl (C=O) groups is 1. The fourth-order valence-corrected chi connectivity index (χ4v) is 2.46. The van der Waals surface area contributed by atoms with Crippen LogP contribution in [0.15, 0.2) is 18.2 Å². The third kappa shape index (κ3) is 2.79. The fraction of sp³-hybridized carbons (Fsp3) is 0.462. The average molecular weight is 235 g/mol. The lowest BCUT2D eigenvalue weighted by Crippen LogP contribution is -2.12. The highest BCUT2D eigenvalue weighted by atomic mass is 32.2. The molecule has 0 unspecified atom stereocenters. The molecule has 2 nitrogen and oxygen atoms in total. The van der Waals surface area contributed by atoms with Gasteiger partial charge in [-0.25, -0.2) is 0 Å². The number of rotatable bonds is 4. The number of amides is 1. The Hall–Kier alpha value is -0.960. The van der Waals surface area contributed by atoms with Gasteiger partial charge in [-0.2, -0.15) is 11.8 Å². The maximum atomic E-state index is 11.5. The molecule has 1 aromatic carbocycles. The number of hydrogen-bond donors (Lipinski definition) is 1. The number of benzene rings is 1. The van der Waals surface area contributed by atoms with Gasteiger partial charge < -0.3 is 5.32 Å². The zero-order valence-corrected chi connectivity index (χ0v) is 10.4. The molecule has 3 heteroatoms. The van der Waals surface area contributed by atoms with Gasteiger partial charge in [0.05, 0.1) is 0 Å². The molecule has 0 atom stereocenters. The number of nitrogens with one attached hydrogen (secondary N) is 1. The molecule has 0 aromatic heterocycles. The quantitative estimate of drug-likeness (QED) is 0.869. The highest BCUT2D eigenvalue weighted by Gasteiger charge is 2.11. The van der Waals surface area contributed by atoms with Crippen LogP contribution in [0.5, 0.6) is 0 Å². The van der Waals surface area contributed by atoms with Crippen molar-refractivity contribution in [1.29, 1.82) is 0 Å². The summed E-state index contributed by atoms with van der Waals surface area (Å²) in [5, 5.41) is 2.95. The predicted octanol–water partition coefficient (Wildman–Crippen LogP) is 2.87. The van der Waals surface area contributed by atoms with Crippen LogP contribution in [0.25, 0.3) is 0 Å². The normalized spacial score (nSPS) is 13.6. The molecular formula is C13H17NOS. The molecule has 1 aromatic rings. The van der Waals surface area contributed by atoms with Gasteiger partial charge in [0.25, 0.3) is 0 Å². The molecule has 1 aliphatic carbocycles. The Morgan fingerprint density at radius 3 is 3.00 bits per heavy atom. The Morgan fingerprint density at radius 2 is 2.19 bits per heavy atom. The summed E-state index contributed by atoms with van der Waals surface area (Å²) in [7, 11) is 0. The van der Waals surface area contributed by atoms with Crippen LogP contribution < -0.4 is 5.32 Å². The summed E-state index contributed by atoms with van der Waals surface area (Å²) < 4.78 is 0. The SMILES string of the molecule is CSCCC(=O)Nc1ccc2c(c1)CCC2. The largest absolute Gasteiger partial charge is 0.326 e. The Kier molecular flexibility index (Phi) is 3.88. The van der Waals surface area contributed by atoms with Gasteiger partial charge in [0.15, 0.2) is 0 Å². The summed E-state index contributed by atoms with van der Waals surface area (Å²) in [6.07, 6.45) is 6.21. The van der Waals surface area contributed by atoms with Gasteiger partial charge in [-0.1, -0.05) is 6.07 Å². The molecule has 86 valence electrons. The van der Waals surface area contributed by atoms with Crippen LogP contribution in [0, 0.1) is 0 Å². The third-order valence-electron chi connectivity index (χ3n) is 2.92. The topological polar surface area (TPSA) is 29.1 Å². The number of carbonyl (C=O) groups excluding carboxylic acids is 1. The first-order chi connectivity index (χ1) is 7.79. The van der Waals surface area contributed by atoms with Crippen LogP contribution in [0.4, 0.5) is 5.69 Å². The molecule has 1 amide bonds. The van der Waals surface area contributed by atoms with Crippen molar-refractivity contribution in [1.82, 2.24) is 0 Å². The summed E-state index contributed by atoms with van der Waals surface area (Å²) >= 11 is 1.70. The van der Waals surface area contributed by atoms with Crippen LogP contribution in [-0.4, -0.2) is 17.9 Å². The Labute approximate surface area is 101 Å². The van der Waals surface area contributed by atoms with E-state index in [1.807, 2.05) is 12.3 Å². The van der Waals surface area contributed by atoms with Crippen LogP contribution in [0.2, 0.25) is 0 Å². The van der Waals surface area contributed by atoms with Gasteiger partial charge in [0.2, 0.25) is 5.91 Å². The van der Waals surface area contributed by atoms with E-state index in [9.17, 15) is 4.79 Å². The van der Waals surface area contributed by atoms with Gasteiger partial charge in [-0.05, 0) is 48.8 Å². The van der Waals surface area contributed by atoms with Gasteiger partial charge in [0, 0.05) is 17.9 Å². The summed E-state index contributed by atoms with van der Waals surface area (Å²) in [6, 6.07) is 6.28. The molecule has 0 radical (unpaired) electrons. The van der Waals surface area contributed by atoms with Crippen molar-refractivity contribution >= 4 is 23.4 Å². The van der Waals surface area contributed by atoms with Gasteiger partial charge in [-0.3, -0.25) is 4.79 Å². The van der Waals surface area contributed by atoms with E-state index in [2.05, 4.69) is 17.4 Å². The number of aryl methyl sites for hydroxylation is 2. The summed E-state index contributed by atoms with van der Waals surface area (Å²) in [5.74, 6) is 1.00. The van der Waals surface area contributed by atoms with Crippen LogP contribution in [0.1, 0.15) is 24.0 Å². The van der Waals surface area contributed by atoms with Crippen molar-refractivity contribution in [2.24, 2.45) is 0 Å². The highest BCUT2D eigenvalue weighted by Crippen LogP contribution is 2.24. The van der Waals surface area contributed by atoms with Crippen LogP contribution in [0.3, 0.4) is 0 Å². The molecule has 1 aliphatic rings. The number of hydrogen-bond acceptors (Lipinski definition) is 2. The second-order valence-electron chi connectivity index (χ2n) is 4.13. The summed E-state index contributed by atoms with van der Waals surface area (Å²) in [5.41, 5.74) is 3.80. The maximum Gasteiger partial charge on any atom is 0.225 e. The van der Waals surface area contributed by atoms with E-state index < -0.39 is 0 Å². The van der Waals surface area contributed by atoms with Crippen molar-refractivity contribution in [3.63, 3.8) is 0 Å². The minimum Gasteiger partial charge on any atom is -0.326 e. The molecule has 1 N–H and O–H groups in total. The molecule has 0 bridgehead atoms. The van der Waals surface area contributed by atoms with E-state index >= 15 is 0 Å². The zero-order valence-electron chi connectivity index (χ0n) is 9.58. The van der Waals surface area contributed by atoms with Crippen molar-refractivity contribution < 1.29 is 4.79 Å². The average Bonchev–Trinajstić information content (AvgIpc) is 2.73. The van der Waals surface area contributed by atoms with Gasteiger partial charge >= 0.3 is 0 Å². The molecule has 0 spiro atoms. The minimum absolute atomic E-state index is 0.118. The highest BCUT2D eigenvalue weighted by molar-refractivity contribution is 7.98. The first-order valence-electron chi connectivity index (χ1n) is 5.70. The molecule has 0 saturated heterocycles. The molecule has 0 aliphatic heterocycles. The van der Waals surface area contributed by atoms with Crippen molar-refractivity contribution in [2.75, 3.05) is 17.3 Å². The first-order valence-corrected chi connectivity index (χ1v) is 7.09. The van der Waals surface area contributed by atoms with Crippen LogP contribution in [-0.2, 0) is 17.6 Å². The molecular weight excluding hydrogens is 218 g/mol. The smallest absolute Gasteiger partial charge is 0.225 e. The Balaban J connectivity index is 1.97. The second kappa shape index (κ2) is 5.39. The van der Waals surface area contributed by atoms with E-state index in [0.717, 1.165) is 17.9 Å². The lowest BCUT2D eigenvalue weighted by Gasteiger charge is -2.06. The minimum atomic E-state index is 0.118. The molecule has 16 heavy (non-hydrogen) atoms. The molecule has 0 fully saturated rings. The van der Waals surface area contributed by atoms with Crippen molar-refractivity contribution in [2.45, 2.75) is 25.7 Å². The zero-order chi connectivity index (χ0) is 11.4. The fourth-order valence-electron chi connectivity index (χ4n) is 2.07. The van der Waals surface area contributed by atoms with E-state index in [-0.39, 0.29) is 5.91 Å². The Bertz CT molecular complexity index is 390. The summed E-state index contributed by atoms with van der Waals surface area (Å²) in [6.45, 7) is 0. The molecule has 2 rings (SSSR count). The van der Waals surface area contributed by atoms with E-state index in [1.165, 1.54) is 24.0 Å². The summed E-state index contributed by atoms with van der Waals surface area (Å²) in [4.78, 5) is 11.5. The van der Waals surface area contributed by atoms with E-state index in [1.54, 1.807) is 11.8 Å². The van der Waals surface area contributed by atoms with Gasteiger partial charge in [-0.15, -0.1) is 0 Å². The second-order valence-corrected chi connectivity index (χ2v) is 5.11. The van der Waals surface area contributed by atoms with Gasteiger partial charge in [0.1, 0.15) is 0 Å². The standard InChI is InChI=1S/C13H17NOS/c1-16-8-7-13(15)14-12-6-5-10-3-2-4-11(10)9-12/h5-6,9H,2-4,7-8H2,1H3,(H,14,15). The number of fused-ring (bicyclic) bond motifs is 1. The lowest BCUT2D eigenvalue weighted by atomic mass is 10.1. The predicted molar refractivity (Wildman–Crippen MR) is 70.1 cm³/mol. The van der Waals surface area contributed by atoms with Crippen molar-refractivity contribution in [3.05, 3.63) is 29.3 Å². The van der Waals surface area contributed by atoms with Crippen LogP contribution >= 0.6 is 11.8 Å². The Morgan fingerprint density at radius 1 is 1.38 bits per heavy atom. The molecule has 0 heterocycles. The monoisotopic (exact) mass is 235 g/mol. The number of thioether (sulfide) groups is 1. The molecule has 0 saturated carbocycles. The number of anilines is 1.